The van der Waals surface area contributed by atoms with Crippen molar-refractivity contribution >= 4 is 9.84 Å². The maximum Gasteiger partial charge on any atom is 0.151 e. The van der Waals surface area contributed by atoms with Crippen LogP contribution in [0.1, 0.15) is 33.1 Å². The Hall–Kier alpha value is -0.130. The summed E-state index contributed by atoms with van der Waals surface area (Å²) < 4.78 is 22.9. The van der Waals surface area contributed by atoms with Crippen molar-refractivity contribution in [3.8, 4) is 0 Å². The molecule has 0 radical (unpaired) electrons. The quantitative estimate of drug-likeness (QED) is 0.747. The normalized spacial score (nSPS) is 26.9. The van der Waals surface area contributed by atoms with Gasteiger partial charge in [0.1, 0.15) is 0 Å². The summed E-state index contributed by atoms with van der Waals surface area (Å²) in [5, 5.41) is 12.5. The Bertz CT molecular complexity index is 300. The van der Waals surface area contributed by atoms with Crippen molar-refractivity contribution < 1.29 is 13.5 Å². The van der Waals surface area contributed by atoms with Crippen LogP contribution in [0.25, 0.3) is 0 Å². The van der Waals surface area contributed by atoms with Gasteiger partial charge in [-0.15, -0.1) is 0 Å². The fourth-order valence-electron chi connectivity index (χ4n) is 2.25. The Morgan fingerprint density at radius 2 is 2.12 bits per heavy atom. The third-order valence-electron chi connectivity index (χ3n) is 2.91. The third kappa shape index (κ3) is 4.80. The average Bonchev–Trinajstić information content (AvgIpc) is 2.14. The Kier molecular flexibility index (Phi) is 5.21. The highest BCUT2D eigenvalue weighted by Gasteiger charge is 2.26. The molecule has 0 saturated carbocycles. The summed E-state index contributed by atoms with van der Waals surface area (Å²) in [6.07, 6.45) is 2.51. The first-order valence-corrected chi connectivity index (χ1v) is 7.82. The molecule has 1 saturated heterocycles. The summed E-state index contributed by atoms with van der Waals surface area (Å²) in [5.41, 5.74) is 0. The molecule has 1 heterocycles. The highest BCUT2D eigenvalue weighted by molar-refractivity contribution is 7.91. The minimum atomic E-state index is -2.86. The molecule has 0 aliphatic carbocycles. The third-order valence-corrected chi connectivity index (χ3v) is 4.73. The van der Waals surface area contributed by atoms with Gasteiger partial charge in [0.15, 0.2) is 9.84 Å². The maximum absolute atomic E-state index is 11.5. The van der Waals surface area contributed by atoms with Crippen LogP contribution in [0.4, 0.5) is 0 Å². The Balaban J connectivity index is 2.45. The highest BCUT2D eigenvalue weighted by Crippen LogP contribution is 2.14. The molecule has 16 heavy (non-hydrogen) atoms. The summed E-state index contributed by atoms with van der Waals surface area (Å²) in [4.78, 5) is 0. The van der Waals surface area contributed by atoms with E-state index in [1.54, 1.807) is 0 Å². The van der Waals surface area contributed by atoms with Gasteiger partial charge in [0.2, 0.25) is 0 Å². The number of rotatable bonds is 5. The van der Waals surface area contributed by atoms with Crippen LogP contribution in [0.5, 0.6) is 0 Å². The van der Waals surface area contributed by atoms with E-state index in [4.69, 9.17) is 0 Å². The number of nitrogens with one attached hydrogen (secondary N) is 1. The van der Waals surface area contributed by atoms with Crippen molar-refractivity contribution in [1.82, 2.24) is 5.32 Å². The molecule has 0 aromatic carbocycles. The molecule has 0 spiro atoms. The molecular weight excluding hydrogens is 226 g/mol. The topological polar surface area (TPSA) is 66.4 Å². The van der Waals surface area contributed by atoms with Gasteiger partial charge in [-0.05, 0) is 25.2 Å². The standard InChI is InChI=1S/C11H23NO3S/c1-9(2)6-11(7-13)12-10-4-3-5-16(14,15)8-10/h9-13H,3-8H2,1-2H3. The molecule has 4 nitrogen and oxygen atoms in total. The molecule has 0 bridgehead atoms. The van der Waals surface area contributed by atoms with Crippen LogP contribution in [0.15, 0.2) is 0 Å². The Labute approximate surface area is 98.4 Å². The van der Waals surface area contributed by atoms with Crippen molar-refractivity contribution in [2.24, 2.45) is 5.92 Å². The summed E-state index contributed by atoms with van der Waals surface area (Å²) in [7, 11) is -2.86. The summed E-state index contributed by atoms with van der Waals surface area (Å²) in [6.45, 7) is 4.28. The lowest BCUT2D eigenvalue weighted by Crippen LogP contribution is -2.47. The Morgan fingerprint density at radius 1 is 1.44 bits per heavy atom. The van der Waals surface area contributed by atoms with E-state index < -0.39 is 9.84 Å². The predicted molar refractivity (Wildman–Crippen MR) is 65.1 cm³/mol. The van der Waals surface area contributed by atoms with Gasteiger partial charge in [-0.1, -0.05) is 13.8 Å². The van der Waals surface area contributed by atoms with Gasteiger partial charge in [0.05, 0.1) is 18.1 Å². The largest absolute Gasteiger partial charge is 0.395 e. The zero-order chi connectivity index (χ0) is 12.2. The first-order valence-electron chi connectivity index (χ1n) is 6.00. The van der Waals surface area contributed by atoms with Crippen LogP contribution in [-0.4, -0.2) is 43.7 Å². The smallest absolute Gasteiger partial charge is 0.151 e. The van der Waals surface area contributed by atoms with E-state index in [-0.39, 0.29) is 24.4 Å². The van der Waals surface area contributed by atoms with Crippen LogP contribution >= 0.6 is 0 Å². The second kappa shape index (κ2) is 5.98. The molecule has 5 heteroatoms. The van der Waals surface area contributed by atoms with E-state index in [0.717, 1.165) is 19.3 Å². The fourth-order valence-corrected chi connectivity index (χ4v) is 3.90. The SMILES string of the molecule is CC(C)CC(CO)NC1CCCS(=O)(=O)C1. The molecule has 1 rings (SSSR count). The van der Waals surface area contributed by atoms with Gasteiger partial charge in [-0.25, -0.2) is 8.42 Å². The summed E-state index contributed by atoms with van der Waals surface area (Å²) in [5.74, 6) is 1.05. The monoisotopic (exact) mass is 249 g/mol. The van der Waals surface area contributed by atoms with Crippen molar-refractivity contribution in [2.45, 2.75) is 45.2 Å². The number of hydrogen-bond donors (Lipinski definition) is 2. The lowest BCUT2D eigenvalue weighted by molar-refractivity contribution is 0.212. The zero-order valence-corrected chi connectivity index (χ0v) is 11.0. The lowest BCUT2D eigenvalue weighted by Gasteiger charge is -2.28. The maximum atomic E-state index is 11.5. The minimum Gasteiger partial charge on any atom is -0.395 e. The lowest BCUT2D eigenvalue weighted by atomic mass is 10.0. The van der Waals surface area contributed by atoms with Gasteiger partial charge < -0.3 is 10.4 Å². The molecule has 0 aromatic heterocycles. The second-order valence-corrected chi connectivity index (χ2v) is 7.36. The van der Waals surface area contributed by atoms with Crippen LogP contribution in [0, 0.1) is 5.92 Å². The van der Waals surface area contributed by atoms with Crippen LogP contribution in [0.3, 0.4) is 0 Å². The van der Waals surface area contributed by atoms with Crippen molar-refractivity contribution in [3.05, 3.63) is 0 Å². The van der Waals surface area contributed by atoms with E-state index in [9.17, 15) is 13.5 Å². The Morgan fingerprint density at radius 3 is 2.62 bits per heavy atom. The van der Waals surface area contributed by atoms with Gasteiger partial charge in [-0.2, -0.15) is 0 Å². The number of aliphatic hydroxyl groups excluding tert-OH is 1. The number of sulfone groups is 1. The summed E-state index contributed by atoms with van der Waals surface area (Å²) >= 11 is 0. The second-order valence-electron chi connectivity index (χ2n) is 5.13. The highest BCUT2D eigenvalue weighted by atomic mass is 32.2. The molecule has 1 aliphatic heterocycles. The number of hydrogen-bond acceptors (Lipinski definition) is 4. The van der Waals surface area contributed by atoms with Crippen molar-refractivity contribution in [2.75, 3.05) is 18.1 Å². The van der Waals surface area contributed by atoms with Crippen LogP contribution < -0.4 is 5.32 Å². The average molecular weight is 249 g/mol. The van der Waals surface area contributed by atoms with E-state index in [1.807, 2.05) is 0 Å². The van der Waals surface area contributed by atoms with E-state index in [2.05, 4.69) is 19.2 Å². The first kappa shape index (κ1) is 13.9. The minimum absolute atomic E-state index is 0.0228. The van der Waals surface area contributed by atoms with E-state index in [1.165, 1.54) is 0 Å². The predicted octanol–water partition coefficient (Wildman–Crippen LogP) is 0.560. The first-order chi connectivity index (χ1) is 7.43. The number of aliphatic hydroxyl groups is 1. The molecule has 96 valence electrons. The summed E-state index contributed by atoms with van der Waals surface area (Å²) in [6, 6.07) is 0.0490. The molecule has 2 atom stereocenters. The van der Waals surface area contributed by atoms with E-state index >= 15 is 0 Å². The van der Waals surface area contributed by atoms with Crippen LogP contribution in [0.2, 0.25) is 0 Å². The van der Waals surface area contributed by atoms with Crippen molar-refractivity contribution in [1.29, 1.82) is 0 Å². The van der Waals surface area contributed by atoms with Gasteiger partial charge in [-0.3, -0.25) is 0 Å². The fraction of sp³-hybridized carbons (Fsp3) is 1.00. The van der Waals surface area contributed by atoms with Gasteiger partial charge >= 0.3 is 0 Å². The van der Waals surface area contributed by atoms with E-state index in [0.29, 0.717) is 11.7 Å². The van der Waals surface area contributed by atoms with Gasteiger partial charge in [0, 0.05) is 12.1 Å². The zero-order valence-electron chi connectivity index (χ0n) is 10.1. The molecule has 2 N–H and O–H groups in total. The molecule has 0 amide bonds. The molecule has 2 unspecified atom stereocenters. The van der Waals surface area contributed by atoms with Gasteiger partial charge in [0.25, 0.3) is 0 Å². The molecule has 0 aromatic rings. The van der Waals surface area contributed by atoms with Crippen molar-refractivity contribution in [3.63, 3.8) is 0 Å². The van der Waals surface area contributed by atoms with Crippen LogP contribution in [-0.2, 0) is 9.84 Å². The molecule has 1 aliphatic rings. The molecular formula is C11H23NO3S. The molecule has 1 fully saturated rings.